The molecule has 0 atom stereocenters. The highest BCUT2D eigenvalue weighted by Crippen LogP contribution is 2.16. The number of aromatic nitrogens is 4. The van der Waals surface area contributed by atoms with E-state index in [-0.39, 0.29) is 0 Å². The van der Waals surface area contributed by atoms with Gasteiger partial charge in [0.1, 0.15) is 11.4 Å². The maximum atomic E-state index is 11.0. The Morgan fingerprint density at radius 3 is 2.94 bits per heavy atom. The Bertz CT molecular complexity index is 506. The number of rotatable bonds is 3. The topological polar surface area (TPSA) is 102 Å². The van der Waals surface area contributed by atoms with Gasteiger partial charge in [-0.15, -0.1) is 0 Å². The number of aryl methyl sites for hydroxylation is 2. The van der Waals surface area contributed by atoms with E-state index in [1.165, 1.54) is 6.20 Å². The minimum Gasteiger partial charge on any atom is -0.365 e. The average molecular weight is 220 g/mol. The molecule has 1 amide bonds. The van der Waals surface area contributed by atoms with Gasteiger partial charge in [-0.1, -0.05) is 0 Å². The third kappa shape index (κ3) is 1.74. The molecule has 2 heterocycles. The number of hydrogen-bond donors (Lipinski definition) is 3. The summed E-state index contributed by atoms with van der Waals surface area (Å²) in [6, 6.07) is 1.85. The first-order chi connectivity index (χ1) is 7.58. The van der Waals surface area contributed by atoms with Crippen LogP contribution in [0.25, 0.3) is 0 Å². The second-order valence-electron chi connectivity index (χ2n) is 3.44. The zero-order valence-corrected chi connectivity index (χ0v) is 8.98. The van der Waals surface area contributed by atoms with E-state index in [9.17, 15) is 4.79 Å². The van der Waals surface area contributed by atoms with Crippen LogP contribution in [0.1, 0.15) is 16.1 Å². The number of amides is 1. The molecule has 0 aromatic carbocycles. The summed E-state index contributed by atoms with van der Waals surface area (Å²) in [4.78, 5) is 11.0. The monoisotopic (exact) mass is 220 g/mol. The number of H-pyrrole nitrogens is 1. The lowest BCUT2D eigenvalue weighted by atomic mass is 10.3. The lowest BCUT2D eigenvalue weighted by molar-refractivity contribution is 0.100. The SMILES string of the molecule is Cc1cc(Nc2[nH]ncc2C(N)=O)nn1C. The van der Waals surface area contributed by atoms with E-state index < -0.39 is 5.91 Å². The molecule has 0 saturated carbocycles. The molecule has 0 unspecified atom stereocenters. The van der Waals surface area contributed by atoms with Crippen LogP contribution in [0.4, 0.5) is 11.6 Å². The van der Waals surface area contributed by atoms with E-state index in [0.717, 1.165) is 5.69 Å². The number of primary amides is 1. The number of aromatic amines is 1. The summed E-state index contributed by atoms with van der Waals surface area (Å²) in [6.45, 7) is 1.93. The van der Waals surface area contributed by atoms with E-state index in [1.807, 2.05) is 20.0 Å². The Labute approximate surface area is 91.6 Å². The maximum absolute atomic E-state index is 11.0. The van der Waals surface area contributed by atoms with Gasteiger partial charge in [0.2, 0.25) is 0 Å². The molecule has 84 valence electrons. The number of carbonyl (C=O) groups is 1. The van der Waals surface area contributed by atoms with Crippen LogP contribution in [-0.2, 0) is 7.05 Å². The summed E-state index contributed by atoms with van der Waals surface area (Å²) < 4.78 is 1.72. The number of nitrogens with two attached hydrogens (primary N) is 1. The fourth-order valence-electron chi connectivity index (χ4n) is 1.32. The molecule has 2 aromatic rings. The van der Waals surface area contributed by atoms with Crippen molar-refractivity contribution in [3.05, 3.63) is 23.5 Å². The summed E-state index contributed by atoms with van der Waals surface area (Å²) >= 11 is 0. The number of anilines is 2. The summed E-state index contributed by atoms with van der Waals surface area (Å²) in [6.07, 6.45) is 1.38. The van der Waals surface area contributed by atoms with Crippen LogP contribution in [0.3, 0.4) is 0 Å². The van der Waals surface area contributed by atoms with Crippen LogP contribution >= 0.6 is 0 Å². The van der Waals surface area contributed by atoms with Crippen molar-refractivity contribution in [3.63, 3.8) is 0 Å². The summed E-state index contributed by atoms with van der Waals surface area (Å²) in [5.74, 6) is 0.543. The lowest BCUT2D eigenvalue weighted by Gasteiger charge is -2.00. The van der Waals surface area contributed by atoms with Crippen molar-refractivity contribution in [2.24, 2.45) is 12.8 Å². The van der Waals surface area contributed by atoms with Crippen LogP contribution in [-0.4, -0.2) is 25.9 Å². The summed E-state index contributed by atoms with van der Waals surface area (Å²) in [7, 11) is 1.84. The summed E-state index contributed by atoms with van der Waals surface area (Å²) in [5.41, 5.74) is 6.49. The zero-order chi connectivity index (χ0) is 11.7. The van der Waals surface area contributed by atoms with E-state index in [0.29, 0.717) is 17.2 Å². The van der Waals surface area contributed by atoms with Gasteiger partial charge in [-0.25, -0.2) is 0 Å². The molecule has 7 heteroatoms. The zero-order valence-electron chi connectivity index (χ0n) is 8.98. The van der Waals surface area contributed by atoms with Crippen LogP contribution < -0.4 is 11.1 Å². The van der Waals surface area contributed by atoms with Gasteiger partial charge < -0.3 is 11.1 Å². The highest BCUT2D eigenvalue weighted by Gasteiger charge is 2.11. The van der Waals surface area contributed by atoms with Gasteiger partial charge in [0.15, 0.2) is 5.82 Å². The van der Waals surface area contributed by atoms with Crippen LogP contribution in [0, 0.1) is 6.92 Å². The van der Waals surface area contributed by atoms with Gasteiger partial charge >= 0.3 is 0 Å². The van der Waals surface area contributed by atoms with Gasteiger partial charge in [0.25, 0.3) is 5.91 Å². The molecule has 4 N–H and O–H groups in total. The third-order valence-electron chi connectivity index (χ3n) is 2.27. The van der Waals surface area contributed by atoms with Crippen molar-refractivity contribution in [3.8, 4) is 0 Å². The highest BCUT2D eigenvalue weighted by molar-refractivity contribution is 5.97. The van der Waals surface area contributed by atoms with Crippen molar-refractivity contribution >= 4 is 17.5 Å². The minimum atomic E-state index is -0.538. The highest BCUT2D eigenvalue weighted by atomic mass is 16.1. The largest absolute Gasteiger partial charge is 0.365 e. The molecule has 0 aliphatic rings. The predicted octanol–water partition coefficient (Wildman–Crippen LogP) is 0.294. The molecule has 2 rings (SSSR count). The minimum absolute atomic E-state index is 0.309. The molecule has 0 fully saturated rings. The maximum Gasteiger partial charge on any atom is 0.254 e. The third-order valence-corrected chi connectivity index (χ3v) is 2.27. The van der Waals surface area contributed by atoms with Crippen molar-refractivity contribution in [1.82, 2.24) is 20.0 Å². The van der Waals surface area contributed by atoms with Gasteiger partial charge in [-0.2, -0.15) is 10.2 Å². The first-order valence-electron chi connectivity index (χ1n) is 4.69. The first kappa shape index (κ1) is 10.2. The Kier molecular flexibility index (Phi) is 2.35. The molecule has 0 radical (unpaired) electrons. The molecule has 0 saturated heterocycles. The fourth-order valence-corrected chi connectivity index (χ4v) is 1.32. The standard InChI is InChI=1S/C9H12N6O/c1-5-3-7(14-15(5)2)12-9-6(8(10)16)4-11-13-9/h3-4H,1-2H3,(H2,10,16)(H2,11,12,13,14). The summed E-state index contributed by atoms with van der Waals surface area (Å²) in [5, 5.41) is 13.5. The Morgan fingerprint density at radius 2 is 2.38 bits per heavy atom. The number of hydrogen-bond acceptors (Lipinski definition) is 4. The van der Waals surface area contributed by atoms with Crippen LogP contribution in [0.15, 0.2) is 12.3 Å². The van der Waals surface area contributed by atoms with E-state index in [1.54, 1.807) is 4.68 Å². The van der Waals surface area contributed by atoms with Crippen molar-refractivity contribution < 1.29 is 4.79 Å². The van der Waals surface area contributed by atoms with Gasteiger partial charge in [-0.3, -0.25) is 14.6 Å². The van der Waals surface area contributed by atoms with E-state index in [4.69, 9.17) is 5.73 Å². The second kappa shape index (κ2) is 3.69. The van der Waals surface area contributed by atoms with Crippen molar-refractivity contribution in [2.45, 2.75) is 6.92 Å². The molecule has 0 aliphatic heterocycles. The fraction of sp³-hybridized carbons (Fsp3) is 0.222. The van der Waals surface area contributed by atoms with Gasteiger partial charge in [-0.05, 0) is 6.92 Å². The molecule has 0 aliphatic carbocycles. The second-order valence-corrected chi connectivity index (χ2v) is 3.44. The normalized spacial score (nSPS) is 10.4. The molecular formula is C9H12N6O. The predicted molar refractivity (Wildman–Crippen MR) is 58.3 cm³/mol. The molecular weight excluding hydrogens is 208 g/mol. The molecule has 0 bridgehead atoms. The average Bonchev–Trinajstić information content (AvgIpc) is 2.75. The Balaban J connectivity index is 2.27. The van der Waals surface area contributed by atoms with Crippen LogP contribution in [0.5, 0.6) is 0 Å². The van der Waals surface area contributed by atoms with Crippen LogP contribution in [0.2, 0.25) is 0 Å². The van der Waals surface area contributed by atoms with Gasteiger partial charge in [0, 0.05) is 18.8 Å². The smallest absolute Gasteiger partial charge is 0.254 e. The molecule has 0 spiro atoms. The number of nitrogens with zero attached hydrogens (tertiary/aromatic N) is 3. The first-order valence-corrected chi connectivity index (χ1v) is 4.69. The Hall–Kier alpha value is -2.31. The van der Waals surface area contributed by atoms with E-state index >= 15 is 0 Å². The molecule has 2 aromatic heterocycles. The molecule has 16 heavy (non-hydrogen) atoms. The van der Waals surface area contributed by atoms with Crippen molar-refractivity contribution in [1.29, 1.82) is 0 Å². The molecule has 7 nitrogen and oxygen atoms in total. The Morgan fingerprint density at radius 1 is 1.62 bits per heavy atom. The number of carbonyl (C=O) groups excluding carboxylic acids is 1. The van der Waals surface area contributed by atoms with Gasteiger partial charge in [0.05, 0.1) is 6.20 Å². The lowest BCUT2D eigenvalue weighted by Crippen LogP contribution is -2.12. The van der Waals surface area contributed by atoms with E-state index in [2.05, 4.69) is 20.6 Å². The quantitative estimate of drug-likeness (QED) is 0.692. The van der Waals surface area contributed by atoms with Crippen molar-refractivity contribution in [2.75, 3.05) is 5.32 Å². The number of nitrogens with one attached hydrogen (secondary N) is 2.